The molecule has 3 atom stereocenters. The summed E-state index contributed by atoms with van der Waals surface area (Å²) in [5.74, 6) is 1.92. The average molecular weight is 264 g/mol. The second-order valence-electron chi connectivity index (χ2n) is 6.86. The zero-order valence-corrected chi connectivity index (χ0v) is 12.5. The summed E-state index contributed by atoms with van der Waals surface area (Å²) in [4.78, 5) is 15.4. The van der Waals surface area contributed by atoms with Crippen molar-refractivity contribution < 1.29 is 4.79 Å². The summed E-state index contributed by atoms with van der Waals surface area (Å²) in [5, 5.41) is 3.50. The third-order valence-corrected chi connectivity index (χ3v) is 6.09. The number of rotatable bonds is 3. The van der Waals surface area contributed by atoms with Gasteiger partial charge in [0.15, 0.2) is 0 Å². The summed E-state index contributed by atoms with van der Waals surface area (Å²) < 4.78 is 0. The van der Waals surface area contributed by atoms with Crippen molar-refractivity contribution in [2.45, 2.75) is 58.4 Å². The van der Waals surface area contributed by atoms with E-state index >= 15 is 0 Å². The molecule has 0 spiro atoms. The lowest BCUT2D eigenvalue weighted by atomic mass is 9.81. The highest BCUT2D eigenvalue weighted by Crippen LogP contribution is 2.45. The molecular weight excluding hydrogens is 236 g/mol. The largest absolute Gasteiger partial charge is 0.339 e. The molecule has 2 heterocycles. The number of carbonyl (C=O) groups excluding carboxylic acids is 1. The van der Waals surface area contributed by atoms with Crippen molar-refractivity contribution in [1.82, 2.24) is 10.2 Å². The molecule has 3 unspecified atom stereocenters. The zero-order valence-electron chi connectivity index (χ0n) is 12.5. The number of nitrogens with zero attached hydrogens (tertiary/aromatic N) is 1. The molecule has 0 aromatic heterocycles. The molecule has 3 aliphatic rings. The van der Waals surface area contributed by atoms with Crippen LogP contribution in [0.3, 0.4) is 0 Å². The third kappa shape index (κ3) is 2.01. The highest BCUT2D eigenvalue weighted by atomic mass is 16.2. The molecule has 1 N–H and O–H groups in total. The first-order chi connectivity index (χ1) is 9.22. The van der Waals surface area contributed by atoms with Gasteiger partial charge in [-0.15, -0.1) is 0 Å². The molecule has 1 amide bonds. The number of fused-ring (bicyclic) bond motifs is 1. The van der Waals surface area contributed by atoms with Gasteiger partial charge in [0.05, 0.1) is 0 Å². The van der Waals surface area contributed by atoms with Gasteiger partial charge < -0.3 is 10.2 Å². The predicted molar refractivity (Wildman–Crippen MR) is 76.8 cm³/mol. The monoisotopic (exact) mass is 264 g/mol. The number of hydrogen-bond acceptors (Lipinski definition) is 2. The smallest absolute Gasteiger partial charge is 0.229 e. The van der Waals surface area contributed by atoms with Gasteiger partial charge in [0.2, 0.25) is 5.91 Å². The fraction of sp³-hybridized carbons (Fsp3) is 0.938. The van der Waals surface area contributed by atoms with E-state index in [2.05, 4.69) is 24.1 Å². The van der Waals surface area contributed by atoms with Gasteiger partial charge in [-0.05, 0) is 37.5 Å². The van der Waals surface area contributed by atoms with Crippen molar-refractivity contribution in [3.05, 3.63) is 0 Å². The Labute approximate surface area is 117 Å². The van der Waals surface area contributed by atoms with E-state index in [9.17, 15) is 4.79 Å². The molecular formula is C16H28N2O. The minimum Gasteiger partial charge on any atom is -0.339 e. The number of nitrogens with one attached hydrogen (secondary N) is 1. The number of carbonyl (C=O) groups is 1. The van der Waals surface area contributed by atoms with Crippen LogP contribution in [0.1, 0.15) is 52.4 Å². The number of likely N-dealkylation sites (tertiary alicyclic amines) is 1. The maximum absolute atomic E-state index is 13.1. The summed E-state index contributed by atoms with van der Waals surface area (Å²) in [6.45, 7) is 7.70. The highest BCUT2D eigenvalue weighted by Gasteiger charge is 2.50. The normalized spacial score (nSPS) is 36.7. The van der Waals surface area contributed by atoms with E-state index in [4.69, 9.17) is 0 Å². The molecule has 108 valence electrons. The fourth-order valence-electron chi connectivity index (χ4n) is 4.85. The fourth-order valence-corrected chi connectivity index (χ4v) is 4.85. The molecule has 1 aliphatic carbocycles. The van der Waals surface area contributed by atoms with Crippen LogP contribution in [-0.4, -0.2) is 36.5 Å². The summed E-state index contributed by atoms with van der Waals surface area (Å²) in [6, 6.07) is 0.497. The molecule has 1 saturated carbocycles. The van der Waals surface area contributed by atoms with Crippen molar-refractivity contribution in [1.29, 1.82) is 0 Å². The minimum atomic E-state index is -0.000510. The Morgan fingerprint density at radius 2 is 2.00 bits per heavy atom. The molecule has 3 fully saturated rings. The van der Waals surface area contributed by atoms with Gasteiger partial charge in [-0.2, -0.15) is 0 Å². The van der Waals surface area contributed by atoms with E-state index in [-0.39, 0.29) is 5.41 Å². The maximum Gasteiger partial charge on any atom is 0.229 e. The molecule has 0 aromatic carbocycles. The van der Waals surface area contributed by atoms with E-state index in [0.717, 1.165) is 45.3 Å². The maximum atomic E-state index is 13.1. The van der Waals surface area contributed by atoms with Crippen molar-refractivity contribution in [3.8, 4) is 0 Å². The molecule has 0 bridgehead atoms. The molecule has 0 aromatic rings. The van der Waals surface area contributed by atoms with Crippen LogP contribution in [0.15, 0.2) is 0 Å². The van der Waals surface area contributed by atoms with Crippen LogP contribution in [-0.2, 0) is 4.79 Å². The molecule has 3 heteroatoms. The molecule has 2 saturated heterocycles. The standard InChI is InChI=1S/C16H28N2O/c1-3-14-13-10-17-9-12(13)11-18(14)15(19)16(4-2)7-5-6-8-16/h12-14,17H,3-11H2,1-2H3. The summed E-state index contributed by atoms with van der Waals surface area (Å²) >= 11 is 0. The molecule has 19 heavy (non-hydrogen) atoms. The third-order valence-electron chi connectivity index (χ3n) is 6.09. The van der Waals surface area contributed by atoms with E-state index in [1.165, 1.54) is 12.8 Å². The van der Waals surface area contributed by atoms with Crippen molar-refractivity contribution in [2.24, 2.45) is 17.3 Å². The molecule has 2 aliphatic heterocycles. The van der Waals surface area contributed by atoms with Gasteiger partial charge in [-0.1, -0.05) is 26.7 Å². The minimum absolute atomic E-state index is 0.000510. The predicted octanol–water partition coefficient (Wildman–Crippen LogP) is 2.41. The van der Waals surface area contributed by atoms with Crippen LogP contribution >= 0.6 is 0 Å². The van der Waals surface area contributed by atoms with Gasteiger partial charge in [0.25, 0.3) is 0 Å². The lowest BCUT2D eigenvalue weighted by Gasteiger charge is -2.36. The topological polar surface area (TPSA) is 32.3 Å². The first-order valence-corrected chi connectivity index (χ1v) is 8.23. The van der Waals surface area contributed by atoms with Gasteiger partial charge >= 0.3 is 0 Å². The Morgan fingerprint density at radius 3 is 2.63 bits per heavy atom. The number of hydrogen-bond donors (Lipinski definition) is 1. The summed E-state index contributed by atoms with van der Waals surface area (Å²) in [6.07, 6.45) is 6.91. The molecule has 0 radical (unpaired) electrons. The lowest BCUT2D eigenvalue weighted by molar-refractivity contribution is -0.143. The highest BCUT2D eigenvalue weighted by molar-refractivity contribution is 5.83. The van der Waals surface area contributed by atoms with Crippen molar-refractivity contribution >= 4 is 5.91 Å². The second kappa shape index (κ2) is 5.08. The van der Waals surface area contributed by atoms with Crippen LogP contribution in [0.2, 0.25) is 0 Å². The first-order valence-electron chi connectivity index (χ1n) is 8.23. The van der Waals surface area contributed by atoms with Crippen LogP contribution in [0.25, 0.3) is 0 Å². The van der Waals surface area contributed by atoms with Crippen LogP contribution in [0.4, 0.5) is 0 Å². The SMILES string of the molecule is CCC1C2CNCC2CN1C(=O)C1(CC)CCCC1. The number of amides is 1. The van der Waals surface area contributed by atoms with Gasteiger partial charge in [0, 0.05) is 31.1 Å². The van der Waals surface area contributed by atoms with Gasteiger partial charge in [-0.25, -0.2) is 0 Å². The Hall–Kier alpha value is -0.570. The van der Waals surface area contributed by atoms with Crippen molar-refractivity contribution in [3.63, 3.8) is 0 Å². The Bertz CT molecular complexity index is 349. The Kier molecular flexibility index (Phi) is 3.59. The quantitative estimate of drug-likeness (QED) is 0.849. The van der Waals surface area contributed by atoms with Gasteiger partial charge in [-0.3, -0.25) is 4.79 Å². The average Bonchev–Trinajstić information content (AvgIpc) is 3.12. The van der Waals surface area contributed by atoms with Crippen molar-refractivity contribution in [2.75, 3.05) is 19.6 Å². The van der Waals surface area contributed by atoms with E-state index in [0.29, 0.717) is 23.8 Å². The van der Waals surface area contributed by atoms with E-state index in [1.807, 2.05) is 0 Å². The molecule has 3 nitrogen and oxygen atoms in total. The molecule has 3 rings (SSSR count). The first kappa shape index (κ1) is 13.4. The lowest BCUT2D eigenvalue weighted by Crippen LogP contribution is -2.47. The van der Waals surface area contributed by atoms with E-state index in [1.54, 1.807) is 0 Å². The zero-order chi connectivity index (χ0) is 13.5. The van der Waals surface area contributed by atoms with Crippen LogP contribution < -0.4 is 5.32 Å². The summed E-state index contributed by atoms with van der Waals surface area (Å²) in [7, 11) is 0. The van der Waals surface area contributed by atoms with Gasteiger partial charge in [0.1, 0.15) is 0 Å². The summed E-state index contributed by atoms with van der Waals surface area (Å²) in [5.41, 5.74) is -0.000510. The Morgan fingerprint density at radius 1 is 1.26 bits per heavy atom. The van der Waals surface area contributed by atoms with Crippen LogP contribution in [0, 0.1) is 17.3 Å². The second-order valence-corrected chi connectivity index (χ2v) is 6.86. The van der Waals surface area contributed by atoms with E-state index < -0.39 is 0 Å². The van der Waals surface area contributed by atoms with Crippen LogP contribution in [0.5, 0.6) is 0 Å². The Balaban J connectivity index is 1.79.